The number of carbonyl (C=O) groups excluding carboxylic acids is 1. The van der Waals surface area contributed by atoms with Gasteiger partial charge in [0.2, 0.25) is 0 Å². The van der Waals surface area contributed by atoms with Crippen molar-refractivity contribution in [3.63, 3.8) is 0 Å². The minimum Gasteiger partial charge on any atom is -0.497 e. The zero-order valence-corrected chi connectivity index (χ0v) is 15.5. The van der Waals surface area contributed by atoms with Gasteiger partial charge in [0.25, 0.3) is 0 Å². The van der Waals surface area contributed by atoms with E-state index in [2.05, 4.69) is 10.6 Å². The molecule has 0 heterocycles. The molecule has 3 rings (SSSR count). The lowest BCUT2D eigenvalue weighted by Crippen LogP contribution is -2.46. The third kappa shape index (κ3) is 4.80. The molecule has 4 N–H and O–H groups in total. The van der Waals surface area contributed by atoms with Gasteiger partial charge in [0, 0.05) is 11.6 Å². The maximum atomic E-state index is 12.6. The van der Waals surface area contributed by atoms with Crippen LogP contribution in [0.1, 0.15) is 23.5 Å². The van der Waals surface area contributed by atoms with Crippen LogP contribution in [-0.2, 0) is 6.18 Å². The molecule has 6 nitrogen and oxygen atoms in total. The summed E-state index contributed by atoms with van der Waals surface area (Å²) >= 11 is 0. The van der Waals surface area contributed by atoms with Crippen molar-refractivity contribution in [3.8, 4) is 5.75 Å². The van der Waals surface area contributed by atoms with Gasteiger partial charge in [0.1, 0.15) is 11.9 Å². The number of carbonyl (C=O) groups is 1. The molecule has 9 heteroatoms. The van der Waals surface area contributed by atoms with Crippen molar-refractivity contribution in [1.29, 1.82) is 0 Å². The van der Waals surface area contributed by atoms with Gasteiger partial charge in [0.15, 0.2) is 0 Å². The number of hydrogen-bond acceptors (Lipinski definition) is 4. The number of aliphatic hydroxyl groups is 2. The predicted molar refractivity (Wildman–Crippen MR) is 99.8 cm³/mol. The number of ether oxygens (including phenoxy) is 1. The summed E-state index contributed by atoms with van der Waals surface area (Å²) in [6, 6.07) is 9.61. The molecule has 0 spiro atoms. The molecule has 1 aliphatic carbocycles. The average molecular weight is 410 g/mol. The number of amides is 2. The van der Waals surface area contributed by atoms with Crippen LogP contribution >= 0.6 is 0 Å². The van der Waals surface area contributed by atoms with Gasteiger partial charge in [-0.05, 0) is 48.4 Å². The molecule has 2 aromatic carbocycles. The smallest absolute Gasteiger partial charge is 0.416 e. The summed E-state index contributed by atoms with van der Waals surface area (Å²) in [7, 11) is 1.54. The van der Waals surface area contributed by atoms with Gasteiger partial charge in [-0.15, -0.1) is 0 Å². The Morgan fingerprint density at radius 2 is 1.69 bits per heavy atom. The van der Waals surface area contributed by atoms with E-state index in [0.717, 1.165) is 29.8 Å². The summed E-state index contributed by atoms with van der Waals surface area (Å²) in [5, 5.41) is 25.4. The topological polar surface area (TPSA) is 90.8 Å². The summed E-state index contributed by atoms with van der Waals surface area (Å²) in [4.78, 5) is 12.3. The van der Waals surface area contributed by atoms with Gasteiger partial charge in [-0.3, -0.25) is 0 Å². The van der Waals surface area contributed by atoms with Gasteiger partial charge in [-0.2, -0.15) is 13.2 Å². The van der Waals surface area contributed by atoms with Crippen molar-refractivity contribution < 1.29 is 32.9 Å². The molecule has 29 heavy (non-hydrogen) atoms. The lowest BCUT2D eigenvalue weighted by atomic mass is 9.93. The summed E-state index contributed by atoms with van der Waals surface area (Å²) in [6.45, 7) is 0. The van der Waals surface area contributed by atoms with E-state index in [4.69, 9.17) is 4.74 Å². The van der Waals surface area contributed by atoms with E-state index in [-0.39, 0.29) is 18.0 Å². The van der Waals surface area contributed by atoms with Crippen molar-refractivity contribution in [1.82, 2.24) is 5.32 Å². The second kappa shape index (κ2) is 8.30. The number of urea groups is 1. The van der Waals surface area contributed by atoms with E-state index in [0.29, 0.717) is 5.75 Å². The van der Waals surface area contributed by atoms with Crippen LogP contribution in [0.25, 0.3) is 0 Å². The Morgan fingerprint density at radius 3 is 2.24 bits per heavy atom. The molecule has 156 valence electrons. The molecule has 0 bridgehead atoms. The van der Waals surface area contributed by atoms with Crippen molar-refractivity contribution in [2.24, 2.45) is 0 Å². The second-order valence-corrected chi connectivity index (χ2v) is 6.87. The van der Waals surface area contributed by atoms with E-state index in [9.17, 15) is 28.2 Å². The van der Waals surface area contributed by atoms with Gasteiger partial charge in [-0.1, -0.05) is 12.1 Å². The Bertz CT molecular complexity index is 840. The van der Waals surface area contributed by atoms with Crippen LogP contribution in [0.5, 0.6) is 5.75 Å². The zero-order chi connectivity index (χ0) is 21.2. The summed E-state index contributed by atoms with van der Waals surface area (Å²) in [5.41, 5.74) is 0.156. The number of hydrogen-bond donors (Lipinski definition) is 4. The zero-order valence-electron chi connectivity index (χ0n) is 15.5. The highest BCUT2D eigenvalue weighted by Crippen LogP contribution is 2.36. The molecule has 2 aromatic rings. The molecular formula is C20H21F3N2O4. The third-order valence-electron chi connectivity index (χ3n) is 5.00. The fourth-order valence-corrected chi connectivity index (χ4v) is 3.47. The van der Waals surface area contributed by atoms with Crippen molar-refractivity contribution in [3.05, 3.63) is 59.7 Å². The molecule has 1 saturated carbocycles. The van der Waals surface area contributed by atoms with E-state index >= 15 is 0 Å². The largest absolute Gasteiger partial charge is 0.497 e. The molecule has 1 aliphatic rings. The first-order valence-electron chi connectivity index (χ1n) is 8.94. The lowest BCUT2D eigenvalue weighted by molar-refractivity contribution is -0.137. The normalized spacial score (nSPS) is 24.2. The highest BCUT2D eigenvalue weighted by atomic mass is 19.4. The van der Waals surface area contributed by atoms with Gasteiger partial charge >= 0.3 is 12.2 Å². The first-order valence-corrected chi connectivity index (χ1v) is 8.94. The Kier molecular flexibility index (Phi) is 5.99. The Morgan fingerprint density at radius 1 is 1.07 bits per heavy atom. The van der Waals surface area contributed by atoms with Crippen LogP contribution in [0.4, 0.5) is 23.7 Å². The van der Waals surface area contributed by atoms with E-state index in [1.54, 1.807) is 24.3 Å². The molecule has 2 amide bonds. The quantitative estimate of drug-likeness (QED) is 0.624. The van der Waals surface area contributed by atoms with Crippen molar-refractivity contribution in [2.45, 2.75) is 36.8 Å². The van der Waals surface area contributed by atoms with E-state index < -0.39 is 36.0 Å². The summed E-state index contributed by atoms with van der Waals surface area (Å²) in [5.74, 6) is 0.307. The van der Waals surface area contributed by atoms with E-state index in [1.807, 2.05) is 0 Å². The number of benzene rings is 2. The number of anilines is 1. The first-order chi connectivity index (χ1) is 13.7. The van der Waals surface area contributed by atoms with Crippen LogP contribution in [0, 0.1) is 0 Å². The predicted octanol–water partition coefficient (Wildman–Crippen LogP) is 3.11. The maximum absolute atomic E-state index is 12.6. The number of rotatable bonds is 4. The lowest BCUT2D eigenvalue weighted by Gasteiger charge is -2.24. The summed E-state index contributed by atoms with van der Waals surface area (Å²) < 4.78 is 43.0. The maximum Gasteiger partial charge on any atom is 0.416 e. The Balaban J connectivity index is 1.69. The fourth-order valence-electron chi connectivity index (χ4n) is 3.47. The molecule has 4 atom stereocenters. The van der Waals surface area contributed by atoms with Crippen molar-refractivity contribution >= 4 is 11.7 Å². The van der Waals surface area contributed by atoms with Gasteiger partial charge < -0.3 is 25.6 Å². The Labute approximate surface area is 165 Å². The van der Waals surface area contributed by atoms with Crippen LogP contribution in [0.3, 0.4) is 0 Å². The average Bonchev–Trinajstić information content (AvgIpc) is 2.96. The van der Waals surface area contributed by atoms with Gasteiger partial charge in [-0.25, -0.2) is 4.79 Å². The third-order valence-corrected chi connectivity index (χ3v) is 5.00. The van der Waals surface area contributed by atoms with Crippen LogP contribution in [0.15, 0.2) is 48.5 Å². The van der Waals surface area contributed by atoms with Crippen molar-refractivity contribution in [2.75, 3.05) is 12.4 Å². The molecule has 1 fully saturated rings. The molecule has 0 saturated heterocycles. The monoisotopic (exact) mass is 410 g/mol. The highest BCUT2D eigenvalue weighted by molar-refractivity contribution is 5.89. The second-order valence-electron chi connectivity index (χ2n) is 6.87. The number of nitrogens with one attached hydrogen (secondary N) is 2. The molecule has 0 radical (unpaired) electrons. The summed E-state index contributed by atoms with van der Waals surface area (Å²) in [6.07, 6.45) is -6.41. The fraction of sp³-hybridized carbons (Fsp3) is 0.350. The Hall–Kier alpha value is -2.78. The van der Waals surface area contributed by atoms with Gasteiger partial charge in [0.05, 0.1) is 24.8 Å². The van der Waals surface area contributed by atoms with E-state index in [1.165, 1.54) is 7.11 Å². The van der Waals surface area contributed by atoms with Crippen LogP contribution in [0.2, 0.25) is 0 Å². The van der Waals surface area contributed by atoms with Crippen LogP contribution < -0.4 is 15.4 Å². The minimum absolute atomic E-state index is 0.171. The first kappa shape index (κ1) is 20.9. The van der Waals surface area contributed by atoms with Crippen LogP contribution in [-0.4, -0.2) is 41.6 Å². The number of aliphatic hydroxyl groups excluding tert-OH is 2. The molecule has 0 aromatic heterocycles. The molecule has 0 aliphatic heterocycles. The number of methoxy groups -OCH3 is 1. The molecular weight excluding hydrogens is 389 g/mol. The number of halogens is 3. The number of alkyl halides is 3. The highest BCUT2D eigenvalue weighted by Gasteiger charge is 2.43. The standard InChI is InChI=1S/C20H21F3N2O4/c1-29-14-8-2-11(3-9-14)15-10-16(26)18(27)17(15)25-19(28)24-13-6-4-12(5-7-13)20(21,22)23/h2-9,15-18,26-27H,10H2,1H3,(H2,24,25,28)/t15-,16-,17-,18-/m1/s1. The minimum atomic E-state index is -4.46. The SMILES string of the molecule is COc1ccc([C@H]2C[C@@H](O)[C@@H](O)[C@@H]2NC(=O)Nc2ccc(C(F)(F)F)cc2)cc1. The molecule has 0 unspecified atom stereocenters.